The largest absolute Gasteiger partial charge is 0.342 e. The van der Waals surface area contributed by atoms with Crippen molar-refractivity contribution in [2.45, 2.75) is 25.8 Å². The van der Waals surface area contributed by atoms with E-state index >= 15 is 0 Å². The topological polar surface area (TPSA) is 91.4 Å². The third kappa shape index (κ3) is 4.23. The average molecular weight is 378 g/mol. The summed E-state index contributed by atoms with van der Waals surface area (Å²) in [4.78, 5) is 44.0. The van der Waals surface area contributed by atoms with Crippen molar-refractivity contribution in [2.24, 2.45) is 0 Å². The molecule has 25 heavy (non-hydrogen) atoms. The van der Waals surface area contributed by atoms with E-state index in [0.717, 1.165) is 11.3 Å². The number of amides is 3. The van der Waals surface area contributed by atoms with Gasteiger partial charge in [0.2, 0.25) is 11.8 Å². The molecule has 0 saturated carbocycles. The van der Waals surface area contributed by atoms with Gasteiger partial charge in [-0.2, -0.15) is 0 Å². The van der Waals surface area contributed by atoms with E-state index in [1.807, 2.05) is 13.0 Å². The Kier molecular flexibility index (Phi) is 5.44. The molecular formula is C16H18N4O3S2. The first kappa shape index (κ1) is 17.6. The molecule has 3 rings (SSSR count). The van der Waals surface area contributed by atoms with Crippen LogP contribution in [0, 0.1) is 6.92 Å². The van der Waals surface area contributed by atoms with E-state index in [-0.39, 0.29) is 24.3 Å². The fraction of sp³-hybridized carbons (Fsp3) is 0.375. The fourth-order valence-corrected chi connectivity index (χ4v) is 4.03. The van der Waals surface area contributed by atoms with Crippen molar-refractivity contribution in [3.8, 4) is 0 Å². The summed E-state index contributed by atoms with van der Waals surface area (Å²) in [6.07, 6.45) is 2.99. The molecule has 2 N–H and O–H groups in total. The van der Waals surface area contributed by atoms with Crippen LogP contribution in [0.1, 0.15) is 27.4 Å². The van der Waals surface area contributed by atoms with Gasteiger partial charge in [-0.1, -0.05) is 0 Å². The molecule has 3 amide bonds. The molecule has 2 aromatic rings. The minimum absolute atomic E-state index is 0.114. The van der Waals surface area contributed by atoms with Gasteiger partial charge in [0.25, 0.3) is 5.91 Å². The van der Waals surface area contributed by atoms with Crippen molar-refractivity contribution in [1.29, 1.82) is 0 Å². The number of aromatic nitrogens is 1. The maximum absolute atomic E-state index is 12.4. The molecule has 2 aromatic heterocycles. The number of hydrogen-bond donors (Lipinski definition) is 2. The van der Waals surface area contributed by atoms with Crippen molar-refractivity contribution in [3.63, 3.8) is 0 Å². The molecule has 7 nitrogen and oxygen atoms in total. The van der Waals surface area contributed by atoms with E-state index in [2.05, 4.69) is 15.6 Å². The van der Waals surface area contributed by atoms with Crippen LogP contribution in [0.5, 0.6) is 0 Å². The summed E-state index contributed by atoms with van der Waals surface area (Å²) in [5, 5.41) is 7.66. The standard InChI is InChI=1S/C16H18N4O3S2/c1-10-4-5-12(25-10)15(23)18-9-13(21)20-7-2-3-11(20)14(22)19-16-17-6-8-24-16/h4-6,8,11H,2-3,7,9H2,1H3,(H,18,23)(H,17,19,22). The van der Waals surface area contributed by atoms with Gasteiger partial charge in [0.15, 0.2) is 5.13 Å². The Labute approximate surface area is 153 Å². The van der Waals surface area contributed by atoms with Gasteiger partial charge < -0.3 is 15.5 Å². The second-order valence-corrected chi connectivity index (χ2v) is 7.85. The predicted molar refractivity (Wildman–Crippen MR) is 96.9 cm³/mol. The van der Waals surface area contributed by atoms with Gasteiger partial charge in [-0.15, -0.1) is 22.7 Å². The molecule has 1 unspecified atom stereocenters. The molecule has 0 bridgehead atoms. The van der Waals surface area contributed by atoms with Crippen LogP contribution in [0.4, 0.5) is 5.13 Å². The third-order valence-electron chi connectivity index (χ3n) is 3.90. The number of hydrogen-bond acceptors (Lipinski definition) is 6. The normalized spacial score (nSPS) is 16.7. The van der Waals surface area contributed by atoms with Gasteiger partial charge in [0, 0.05) is 23.0 Å². The Morgan fingerprint density at radius 3 is 2.88 bits per heavy atom. The quantitative estimate of drug-likeness (QED) is 0.831. The van der Waals surface area contributed by atoms with Crippen LogP contribution in [0.25, 0.3) is 0 Å². The highest BCUT2D eigenvalue weighted by Crippen LogP contribution is 2.20. The number of carbonyl (C=O) groups excluding carboxylic acids is 3. The second-order valence-electron chi connectivity index (χ2n) is 5.66. The lowest BCUT2D eigenvalue weighted by molar-refractivity contribution is -0.135. The molecule has 1 aliphatic rings. The monoisotopic (exact) mass is 378 g/mol. The molecule has 0 aliphatic carbocycles. The molecule has 1 atom stereocenters. The van der Waals surface area contributed by atoms with E-state index in [1.54, 1.807) is 17.6 Å². The molecule has 1 fully saturated rings. The van der Waals surface area contributed by atoms with Crippen LogP contribution in [0.3, 0.4) is 0 Å². The fourth-order valence-electron chi connectivity index (χ4n) is 2.71. The first-order chi connectivity index (χ1) is 12.0. The van der Waals surface area contributed by atoms with Gasteiger partial charge in [-0.05, 0) is 31.9 Å². The van der Waals surface area contributed by atoms with Crippen LogP contribution < -0.4 is 10.6 Å². The van der Waals surface area contributed by atoms with E-state index < -0.39 is 6.04 Å². The molecule has 3 heterocycles. The molecule has 132 valence electrons. The summed E-state index contributed by atoms with van der Waals surface area (Å²) >= 11 is 2.71. The summed E-state index contributed by atoms with van der Waals surface area (Å²) in [5.74, 6) is -0.756. The van der Waals surface area contributed by atoms with Gasteiger partial charge in [-0.3, -0.25) is 14.4 Å². The summed E-state index contributed by atoms with van der Waals surface area (Å²) in [6.45, 7) is 2.32. The number of thiazole rings is 1. The first-order valence-corrected chi connectivity index (χ1v) is 9.58. The zero-order valence-electron chi connectivity index (χ0n) is 13.7. The Morgan fingerprint density at radius 1 is 1.36 bits per heavy atom. The second kappa shape index (κ2) is 7.75. The molecule has 0 spiro atoms. The van der Waals surface area contributed by atoms with E-state index in [4.69, 9.17) is 0 Å². The van der Waals surface area contributed by atoms with Crippen LogP contribution in [-0.2, 0) is 9.59 Å². The first-order valence-electron chi connectivity index (χ1n) is 7.89. The van der Waals surface area contributed by atoms with Crippen molar-refractivity contribution in [3.05, 3.63) is 33.5 Å². The number of nitrogens with zero attached hydrogens (tertiary/aromatic N) is 2. The van der Waals surface area contributed by atoms with E-state index in [0.29, 0.717) is 23.0 Å². The zero-order chi connectivity index (χ0) is 17.8. The molecule has 1 aliphatic heterocycles. The van der Waals surface area contributed by atoms with Crippen LogP contribution in [-0.4, -0.2) is 46.7 Å². The minimum Gasteiger partial charge on any atom is -0.342 e. The van der Waals surface area contributed by atoms with Crippen LogP contribution >= 0.6 is 22.7 Å². The van der Waals surface area contributed by atoms with Crippen molar-refractivity contribution >= 4 is 45.5 Å². The van der Waals surface area contributed by atoms with Crippen LogP contribution in [0.15, 0.2) is 23.7 Å². The highest BCUT2D eigenvalue weighted by molar-refractivity contribution is 7.14. The molecular weight excluding hydrogens is 360 g/mol. The molecule has 9 heteroatoms. The highest BCUT2D eigenvalue weighted by atomic mass is 32.1. The number of carbonyl (C=O) groups is 3. The predicted octanol–water partition coefficient (Wildman–Crippen LogP) is 1.87. The smallest absolute Gasteiger partial charge is 0.261 e. The average Bonchev–Trinajstić information content (AvgIpc) is 3.33. The van der Waals surface area contributed by atoms with Crippen LogP contribution in [0.2, 0.25) is 0 Å². The SMILES string of the molecule is Cc1ccc(C(=O)NCC(=O)N2CCCC2C(=O)Nc2nccs2)s1. The van der Waals surface area contributed by atoms with Crippen molar-refractivity contribution in [1.82, 2.24) is 15.2 Å². The van der Waals surface area contributed by atoms with Gasteiger partial charge in [0.1, 0.15) is 6.04 Å². The van der Waals surface area contributed by atoms with Gasteiger partial charge in [-0.25, -0.2) is 4.98 Å². The minimum atomic E-state index is -0.516. The number of anilines is 1. The number of rotatable bonds is 5. The Balaban J connectivity index is 1.55. The summed E-state index contributed by atoms with van der Waals surface area (Å²) in [5.41, 5.74) is 0. The number of nitrogens with one attached hydrogen (secondary N) is 2. The number of aryl methyl sites for hydroxylation is 1. The van der Waals surface area contributed by atoms with E-state index in [1.165, 1.54) is 27.6 Å². The summed E-state index contributed by atoms with van der Waals surface area (Å²) in [7, 11) is 0. The number of thiophene rings is 1. The Hall–Kier alpha value is -2.26. The highest BCUT2D eigenvalue weighted by Gasteiger charge is 2.34. The zero-order valence-corrected chi connectivity index (χ0v) is 15.3. The van der Waals surface area contributed by atoms with Gasteiger partial charge in [0.05, 0.1) is 11.4 Å². The Morgan fingerprint density at radius 2 is 2.20 bits per heavy atom. The summed E-state index contributed by atoms with van der Waals surface area (Å²) in [6, 6.07) is 3.08. The third-order valence-corrected chi connectivity index (χ3v) is 5.59. The lowest BCUT2D eigenvalue weighted by Gasteiger charge is -2.23. The molecule has 0 aromatic carbocycles. The Bertz CT molecular complexity index is 772. The van der Waals surface area contributed by atoms with Crippen molar-refractivity contribution in [2.75, 3.05) is 18.4 Å². The lowest BCUT2D eigenvalue weighted by Crippen LogP contribution is -2.47. The lowest BCUT2D eigenvalue weighted by atomic mass is 10.2. The van der Waals surface area contributed by atoms with Crippen molar-refractivity contribution < 1.29 is 14.4 Å². The summed E-state index contributed by atoms with van der Waals surface area (Å²) < 4.78 is 0. The van der Waals surface area contributed by atoms with Gasteiger partial charge >= 0.3 is 0 Å². The van der Waals surface area contributed by atoms with E-state index in [9.17, 15) is 14.4 Å². The molecule has 0 radical (unpaired) electrons. The number of likely N-dealkylation sites (tertiary alicyclic amines) is 1. The maximum atomic E-state index is 12.4. The molecule has 1 saturated heterocycles. The maximum Gasteiger partial charge on any atom is 0.261 e.